The molecule has 1 aromatic rings. The Balaban J connectivity index is 1.71. The van der Waals surface area contributed by atoms with E-state index < -0.39 is 0 Å². The quantitative estimate of drug-likeness (QED) is 0.798. The predicted molar refractivity (Wildman–Crippen MR) is 64.4 cm³/mol. The standard InChI is InChI=1S/C13H20N2O/c1-10(12-4-5-12)7-14-8-11-3-6-13(16-2)15-9-11/h3,6,9-10,12,14H,4-5,7-8H2,1-2H3. The van der Waals surface area contributed by atoms with Crippen LogP contribution in [0, 0.1) is 11.8 Å². The molecule has 0 aromatic carbocycles. The summed E-state index contributed by atoms with van der Waals surface area (Å²) in [7, 11) is 1.64. The molecule has 1 fully saturated rings. The maximum Gasteiger partial charge on any atom is 0.212 e. The molecule has 1 N–H and O–H groups in total. The molecule has 0 bridgehead atoms. The van der Waals surface area contributed by atoms with Gasteiger partial charge in [-0.2, -0.15) is 0 Å². The largest absolute Gasteiger partial charge is 0.481 e. The van der Waals surface area contributed by atoms with Gasteiger partial charge in [0.25, 0.3) is 0 Å². The first-order chi connectivity index (χ1) is 7.79. The van der Waals surface area contributed by atoms with Crippen LogP contribution in [0.15, 0.2) is 18.3 Å². The van der Waals surface area contributed by atoms with Crippen LogP contribution in [-0.2, 0) is 6.54 Å². The molecule has 0 aliphatic heterocycles. The predicted octanol–water partition coefficient (Wildman–Crippen LogP) is 2.23. The number of hydrogen-bond acceptors (Lipinski definition) is 3. The van der Waals surface area contributed by atoms with Crippen molar-refractivity contribution in [3.63, 3.8) is 0 Å². The Labute approximate surface area is 97.2 Å². The summed E-state index contributed by atoms with van der Waals surface area (Å²) in [6.07, 6.45) is 4.72. The highest BCUT2D eigenvalue weighted by atomic mass is 16.5. The molecule has 1 aliphatic rings. The van der Waals surface area contributed by atoms with Gasteiger partial charge in [0.15, 0.2) is 0 Å². The summed E-state index contributed by atoms with van der Waals surface area (Å²) >= 11 is 0. The van der Waals surface area contributed by atoms with Gasteiger partial charge >= 0.3 is 0 Å². The summed E-state index contributed by atoms with van der Waals surface area (Å²) in [4.78, 5) is 4.18. The van der Waals surface area contributed by atoms with Gasteiger partial charge in [-0.15, -0.1) is 0 Å². The van der Waals surface area contributed by atoms with Gasteiger partial charge in [-0.25, -0.2) is 4.98 Å². The lowest BCUT2D eigenvalue weighted by molar-refractivity contribution is 0.397. The van der Waals surface area contributed by atoms with Crippen molar-refractivity contribution in [3.8, 4) is 5.88 Å². The third kappa shape index (κ3) is 3.20. The molecule has 2 rings (SSSR count). The van der Waals surface area contributed by atoms with E-state index in [4.69, 9.17) is 4.74 Å². The van der Waals surface area contributed by atoms with E-state index in [1.807, 2.05) is 12.3 Å². The Morgan fingerprint density at radius 3 is 2.88 bits per heavy atom. The molecule has 0 amide bonds. The fraction of sp³-hybridized carbons (Fsp3) is 0.615. The number of methoxy groups -OCH3 is 1. The van der Waals surface area contributed by atoms with Crippen molar-refractivity contribution < 1.29 is 4.74 Å². The average Bonchev–Trinajstić information content (AvgIpc) is 3.14. The first-order valence-electron chi connectivity index (χ1n) is 5.99. The van der Waals surface area contributed by atoms with E-state index in [-0.39, 0.29) is 0 Å². The Morgan fingerprint density at radius 1 is 1.50 bits per heavy atom. The molecular formula is C13H20N2O. The third-order valence-corrected chi connectivity index (χ3v) is 3.23. The third-order valence-electron chi connectivity index (χ3n) is 3.23. The van der Waals surface area contributed by atoms with Crippen molar-refractivity contribution >= 4 is 0 Å². The minimum Gasteiger partial charge on any atom is -0.481 e. The van der Waals surface area contributed by atoms with Gasteiger partial charge in [-0.05, 0) is 36.8 Å². The highest BCUT2D eigenvalue weighted by molar-refractivity contribution is 5.17. The van der Waals surface area contributed by atoms with Gasteiger partial charge in [0.2, 0.25) is 5.88 Å². The number of nitrogens with one attached hydrogen (secondary N) is 1. The van der Waals surface area contributed by atoms with Gasteiger partial charge in [-0.1, -0.05) is 13.0 Å². The second kappa shape index (κ2) is 5.30. The first kappa shape index (κ1) is 11.4. The van der Waals surface area contributed by atoms with Crippen LogP contribution in [0.2, 0.25) is 0 Å². The fourth-order valence-electron chi connectivity index (χ4n) is 1.91. The molecule has 1 atom stereocenters. The van der Waals surface area contributed by atoms with Crippen molar-refractivity contribution in [3.05, 3.63) is 23.9 Å². The minimum absolute atomic E-state index is 0.676. The molecule has 0 radical (unpaired) electrons. The number of ether oxygens (including phenoxy) is 1. The lowest BCUT2D eigenvalue weighted by Crippen LogP contribution is -2.21. The number of pyridine rings is 1. The van der Waals surface area contributed by atoms with Crippen molar-refractivity contribution in [2.24, 2.45) is 11.8 Å². The van der Waals surface area contributed by atoms with E-state index in [9.17, 15) is 0 Å². The van der Waals surface area contributed by atoms with Crippen LogP contribution < -0.4 is 10.1 Å². The van der Waals surface area contributed by atoms with Crippen LogP contribution in [0.5, 0.6) is 5.88 Å². The zero-order valence-corrected chi connectivity index (χ0v) is 10.1. The molecule has 1 saturated carbocycles. The molecule has 0 spiro atoms. The highest BCUT2D eigenvalue weighted by Crippen LogP contribution is 2.36. The lowest BCUT2D eigenvalue weighted by Gasteiger charge is -2.11. The van der Waals surface area contributed by atoms with Crippen molar-refractivity contribution in [2.75, 3.05) is 13.7 Å². The number of aromatic nitrogens is 1. The Morgan fingerprint density at radius 2 is 2.31 bits per heavy atom. The fourth-order valence-corrected chi connectivity index (χ4v) is 1.91. The summed E-state index contributed by atoms with van der Waals surface area (Å²) in [6, 6.07) is 3.96. The average molecular weight is 220 g/mol. The molecular weight excluding hydrogens is 200 g/mol. The van der Waals surface area contributed by atoms with Gasteiger partial charge in [0, 0.05) is 18.8 Å². The molecule has 3 nitrogen and oxygen atoms in total. The molecule has 88 valence electrons. The van der Waals surface area contributed by atoms with Crippen LogP contribution in [0.25, 0.3) is 0 Å². The van der Waals surface area contributed by atoms with Crippen LogP contribution in [-0.4, -0.2) is 18.6 Å². The van der Waals surface area contributed by atoms with E-state index >= 15 is 0 Å². The Hall–Kier alpha value is -1.09. The highest BCUT2D eigenvalue weighted by Gasteiger charge is 2.27. The van der Waals surface area contributed by atoms with Crippen molar-refractivity contribution in [1.29, 1.82) is 0 Å². The summed E-state index contributed by atoms with van der Waals surface area (Å²) in [5.41, 5.74) is 1.21. The van der Waals surface area contributed by atoms with Gasteiger partial charge in [-0.3, -0.25) is 0 Å². The zero-order valence-electron chi connectivity index (χ0n) is 10.1. The summed E-state index contributed by atoms with van der Waals surface area (Å²) in [6.45, 7) is 4.34. The molecule has 1 aromatic heterocycles. The van der Waals surface area contributed by atoms with E-state index in [1.165, 1.54) is 18.4 Å². The molecule has 16 heavy (non-hydrogen) atoms. The normalized spacial score (nSPS) is 17.1. The smallest absolute Gasteiger partial charge is 0.212 e. The van der Waals surface area contributed by atoms with E-state index in [1.54, 1.807) is 7.11 Å². The molecule has 1 heterocycles. The molecule has 0 saturated heterocycles. The zero-order chi connectivity index (χ0) is 11.4. The van der Waals surface area contributed by atoms with Gasteiger partial charge < -0.3 is 10.1 Å². The topological polar surface area (TPSA) is 34.1 Å². The summed E-state index contributed by atoms with van der Waals surface area (Å²) < 4.78 is 5.02. The van der Waals surface area contributed by atoms with E-state index in [2.05, 4.69) is 23.3 Å². The summed E-state index contributed by atoms with van der Waals surface area (Å²) in [5.74, 6) is 2.46. The lowest BCUT2D eigenvalue weighted by atomic mass is 10.1. The maximum atomic E-state index is 5.02. The van der Waals surface area contributed by atoms with E-state index in [0.717, 1.165) is 24.9 Å². The second-order valence-electron chi connectivity index (χ2n) is 4.65. The maximum absolute atomic E-state index is 5.02. The van der Waals surface area contributed by atoms with Crippen LogP contribution in [0.3, 0.4) is 0 Å². The molecule has 1 unspecified atom stereocenters. The first-order valence-corrected chi connectivity index (χ1v) is 5.99. The van der Waals surface area contributed by atoms with Crippen molar-refractivity contribution in [2.45, 2.75) is 26.3 Å². The SMILES string of the molecule is COc1ccc(CNCC(C)C2CC2)cn1. The van der Waals surface area contributed by atoms with Crippen LogP contribution in [0.1, 0.15) is 25.3 Å². The number of nitrogens with zero attached hydrogens (tertiary/aromatic N) is 1. The number of hydrogen-bond donors (Lipinski definition) is 1. The minimum atomic E-state index is 0.676. The molecule has 3 heteroatoms. The van der Waals surface area contributed by atoms with E-state index in [0.29, 0.717) is 5.88 Å². The molecule has 1 aliphatic carbocycles. The van der Waals surface area contributed by atoms with Crippen LogP contribution in [0.4, 0.5) is 0 Å². The number of rotatable bonds is 6. The Bertz CT molecular complexity index is 319. The van der Waals surface area contributed by atoms with Gasteiger partial charge in [0.05, 0.1) is 7.11 Å². The van der Waals surface area contributed by atoms with Crippen molar-refractivity contribution in [1.82, 2.24) is 10.3 Å². The summed E-state index contributed by atoms with van der Waals surface area (Å²) in [5, 5.41) is 3.48. The second-order valence-corrected chi connectivity index (χ2v) is 4.65. The van der Waals surface area contributed by atoms with Gasteiger partial charge in [0.1, 0.15) is 0 Å². The Kier molecular flexibility index (Phi) is 3.78. The monoisotopic (exact) mass is 220 g/mol. The van der Waals surface area contributed by atoms with Crippen LogP contribution >= 0.6 is 0 Å².